The summed E-state index contributed by atoms with van der Waals surface area (Å²) in [6.07, 6.45) is 0. The highest BCUT2D eigenvalue weighted by Gasteiger charge is 2.31. The van der Waals surface area contributed by atoms with Gasteiger partial charge in [-0.3, -0.25) is 19.3 Å². The molecule has 8 nitrogen and oxygen atoms in total. The zero-order valence-corrected chi connectivity index (χ0v) is 19.0. The average molecular weight is 439 g/mol. The zero-order chi connectivity index (χ0) is 23.3. The lowest BCUT2D eigenvalue weighted by atomic mass is 9.99. The molecule has 1 saturated heterocycles. The molecule has 170 valence electrons. The third-order valence-electron chi connectivity index (χ3n) is 5.72. The lowest BCUT2D eigenvalue weighted by Gasteiger charge is -2.41. The standard InChI is InChI=1S/C24H30N4O4/c1-16-8-9-20(32-4)13-21(16)26-23(30)15-27-10-11-28(17(2)29)22(14-27)18-6-5-7-19(12-18)24(31)25-3/h5-9,12-13,22H,10-11,14-15H2,1-4H3,(H,25,31)(H,26,30). The van der Waals surface area contributed by atoms with Gasteiger partial charge in [-0.05, 0) is 36.2 Å². The molecule has 0 saturated carbocycles. The van der Waals surface area contributed by atoms with Gasteiger partial charge in [0.05, 0.1) is 19.7 Å². The summed E-state index contributed by atoms with van der Waals surface area (Å²) in [5.74, 6) is 0.339. The molecule has 1 aliphatic rings. The van der Waals surface area contributed by atoms with Crippen LogP contribution in [0.25, 0.3) is 0 Å². The number of amides is 3. The van der Waals surface area contributed by atoms with Gasteiger partial charge in [0.25, 0.3) is 5.91 Å². The van der Waals surface area contributed by atoms with E-state index in [4.69, 9.17) is 4.74 Å². The van der Waals surface area contributed by atoms with E-state index in [0.29, 0.717) is 36.6 Å². The average Bonchev–Trinajstić information content (AvgIpc) is 2.79. The molecule has 32 heavy (non-hydrogen) atoms. The number of benzene rings is 2. The quantitative estimate of drug-likeness (QED) is 0.722. The van der Waals surface area contributed by atoms with Crippen molar-refractivity contribution in [1.29, 1.82) is 0 Å². The number of carbonyl (C=O) groups excluding carboxylic acids is 3. The molecule has 0 bridgehead atoms. The molecule has 2 aromatic carbocycles. The molecule has 1 unspecified atom stereocenters. The third kappa shape index (κ3) is 5.45. The smallest absolute Gasteiger partial charge is 0.251 e. The Balaban J connectivity index is 1.74. The van der Waals surface area contributed by atoms with E-state index in [-0.39, 0.29) is 30.3 Å². The van der Waals surface area contributed by atoms with Gasteiger partial charge in [0, 0.05) is 50.9 Å². The highest BCUT2D eigenvalue weighted by Crippen LogP contribution is 2.27. The normalized spacial score (nSPS) is 16.4. The molecule has 0 aliphatic carbocycles. The van der Waals surface area contributed by atoms with Crippen LogP contribution in [0, 0.1) is 6.92 Å². The number of nitrogens with one attached hydrogen (secondary N) is 2. The van der Waals surface area contributed by atoms with Gasteiger partial charge < -0.3 is 20.3 Å². The topological polar surface area (TPSA) is 91.0 Å². The van der Waals surface area contributed by atoms with Gasteiger partial charge in [0.15, 0.2) is 0 Å². The fraction of sp³-hybridized carbons (Fsp3) is 0.375. The minimum Gasteiger partial charge on any atom is -0.497 e. The lowest BCUT2D eigenvalue weighted by molar-refractivity contribution is -0.134. The maximum absolute atomic E-state index is 12.7. The Labute approximate surface area is 188 Å². The number of anilines is 1. The third-order valence-corrected chi connectivity index (χ3v) is 5.72. The van der Waals surface area contributed by atoms with Gasteiger partial charge in [-0.1, -0.05) is 18.2 Å². The van der Waals surface area contributed by atoms with E-state index < -0.39 is 0 Å². The van der Waals surface area contributed by atoms with Crippen LogP contribution in [-0.4, -0.2) is 67.9 Å². The number of carbonyl (C=O) groups is 3. The molecule has 3 rings (SSSR count). The first-order chi connectivity index (χ1) is 15.3. The molecule has 1 atom stereocenters. The number of ether oxygens (including phenoxy) is 1. The van der Waals surface area contributed by atoms with Crippen molar-refractivity contribution in [2.24, 2.45) is 0 Å². The second-order valence-electron chi connectivity index (χ2n) is 7.90. The molecule has 8 heteroatoms. The Morgan fingerprint density at radius 3 is 2.59 bits per heavy atom. The first kappa shape index (κ1) is 23.3. The van der Waals surface area contributed by atoms with Crippen LogP contribution in [0.3, 0.4) is 0 Å². The number of piperazine rings is 1. The molecule has 0 spiro atoms. The molecule has 3 amide bonds. The molecule has 2 N–H and O–H groups in total. The van der Waals surface area contributed by atoms with Gasteiger partial charge in [0.2, 0.25) is 11.8 Å². The van der Waals surface area contributed by atoms with E-state index in [2.05, 4.69) is 10.6 Å². The van der Waals surface area contributed by atoms with Gasteiger partial charge in [-0.2, -0.15) is 0 Å². The highest BCUT2D eigenvalue weighted by atomic mass is 16.5. The Morgan fingerprint density at radius 2 is 1.91 bits per heavy atom. The van der Waals surface area contributed by atoms with E-state index in [1.807, 2.05) is 42.2 Å². The Kier molecular flexibility index (Phi) is 7.48. The minimum absolute atomic E-state index is 0.0311. The summed E-state index contributed by atoms with van der Waals surface area (Å²) in [6.45, 7) is 5.28. The largest absolute Gasteiger partial charge is 0.497 e. The van der Waals surface area contributed by atoms with Crippen LogP contribution in [0.1, 0.15) is 34.5 Å². The van der Waals surface area contributed by atoms with Gasteiger partial charge in [-0.15, -0.1) is 0 Å². The first-order valence-corrected chi connectivity index (χ1v) is 10.6. The van der Waals surface area contributed by atoms with E-state index >= 15 is 0 Å². The number of aryl methyl sites for hydroxylation is 1. The van der Waals surface area contributed by atoms with E-state index in [1.165, 1.54) is 0 Å². The predicted octanol–water partition coefficient (Wildman–Crippen LogP) is 2.21. The molecule has 2 aromatic rings. The fourth-order valence-electron chi connectivity index (χ4n) is 3.93. The molecule has 1 aliphatic heterocycles. The van der Waals surface area contributed by atoms with Crippen molar-refractivity contribution in [3.8, 4) is 5.75 Å². The molecule has 0 aromatic heterocycles. The Morgan fingerprint density at radius 1 is 1.12 bits per heavy atom. The van der Waals surface area contributed by atoms with Crippen molar-refractivity contribution >= 4 is 23.4 Å². The van der Waals surface area contributed by atoms with Crippen molar-refractivity contribution in [2.75, 3.05) is 45.7 Å². The maximum Gasteiger partial charge on any atom is 0.251 e. The first-order valence-electron chi connectivity index (χ1n) is 10.6. The second kappa shape index (κ2) is 10.3. The molecule has 1 fully saturated rings. The maximum atomic E-state index is 12.7. The van der Waals surface area contributed by atoms with E-state index in [1.54, 1.807) is 38.1 Å². The van der Waals surface area contributed by atoms with Crippen molar-refractivity contribution in [3.05, 3.63) is 59.2 Å². The summed E-state index contributed by atoms with van der Waals surface area (Å²) >= 11 is 0. The number of nitrogens with zero attached hydrogens (tertiary/aromatic N) is 2. The van der Waals surface area contributed by atoms with Crippen LogP contribution in [0.5, 0.6) is 5.75 Å². The van der Waals surface area contributed by atoms with Gasteiger partial charge >= 0.3 is 0 Å². The summed E-state index contributed by atoms with van der Waals surface area (Å²) in [5, 5.41) is 5.58. The van der Waals surface area contributed by atoms with Crippen molar-refractivity contribution in [2.45, 2.75) is 19.9 Å². The molecular formula is C24H30N4O4. The summed E-state index contributed by atoms with van der Waals surface area (Å²) < 4.78 is 5.25. The van der Waals surface area contributed by atoms with Crippen LogP contribution >= 0.6 is 0 Å². The molecule has 0 radical (unpaired) electrons. The lowest BCUT2D eigenvalue weighted by Crippen LogP contribution is -2.51. The summed E-state index contributed by atoms with van der Waals surface area (Å²) in [7, 11) is 3.17. The number of rotatable bonds is 6. The van der Waals surface area contributed by atoms with Crippen LogP contribution < -0.4 is 15.4 Å². The summed E-state index contributed by atoms with van der Waals surface area (Å²) in [4.78, 5) is 40.9. The monoisotopic (exact) mass is 438 g/mol. The van der Waals surface area contributed by atoms with Crippen LogP contribution in [0.2, 0.25) is 0 Å². The van der Waals surface area contributed by atoms with Gasteiger partial charge in [0.1, 0.15) is 5.75 Å². The van der Waals surface area contributed by atoms with Crippen LogP contribution in [0.4, 0.5) is 5.69 Å². The van der Waals surface area contributed by atoms with Crippen LogP contribution in [0.15, 0.2) is 42.5 Å². The van der Waals surface area contributed by atoms with E-state index in [0.717, 1.165) is 11.1 Å². The second-order valence-corrected chi connectivity index (χ2v) is 7.90. The SMILES string of the molecule is CNC(=O)c1cccc(C2CN(CC(=O)Nc3cc(OC)ccc3C)CCN2C(C)=O)c1. The summed E-state index contributed by atoms with van der Waals surface area (Å²) in [6, 6.07) is 12.6. The van der Waals surface area contributed by atoms with Crippen molar-refractivity contribution in [3.63, 3.8) is 0 Å². The molecule has 1 heterocycles. The van der Waals surface area contributed by atoms with Crippen LogP contribution in [-0.2, 0) is 9.59 Å². The number of hydrogen-bond donors (Lipinski definition) is 2. The fourth-order valence-corrected chi connectivity index (χ4v) is 3.93. The number of methoxy groups -OCH3 is 1. The molecular weight excluding hydrogens is 408 g/mol. The predicted molar refractivity (Wildman–Crippen MR) is 123 cm³/mol. The van der Waals surface area contributed by atoms with E-state index in [9.17, 15) is 14.4 Å². The summed E-state index contributed by atoms with van der Waals surface area (Å²) in [5.41, 5.74) is 3.07. The van der Waals surface area contributed by atoms with Gasteiger partial charge in [-0.25, -0.2) is 0 Å². The highest BCUT2D eigenvalue weighted by molar-refractivity contribution is 5.94. The van der Waals surface area contributed by atoms with Crippen molar-refractivity contribution < 1.29 is 19.1 Å². The Hall–Kier alpha value is -3.39. The van der Waals surface area contributed by atoms with Crippen molar-refractivity contribution in [1.82, 2.24) is 15.1 Å². The minimum atomic E-state index is -0.239. The zero-order valence-electron chi connectivity index (χ0n) is 19.0. The Bertz CT molecular complexity index is 1010. The number of hydrogen-bond acceptors (Lipinski definition) is 5.